The SMILES string of the molecule is COc1ccccc1[C@@H](O[Si](C)(C)C)C(F)(F)F. The van der Waals surface area contributed by atoms with Crippen molar-refractivity contribution < 1.29 is 22.3 Å². The van der Waals surface area contributed by atoms with Crippen LogP contribution in [-0.2, 0) is 4.43 Å². The summed E-state index contributed by atoms with van der Waals surface area (Å²) in [5, 5.41) is 0. The van der Waals surface area contributed by atoms with E-state index in [9.17, 15) is 13.2 Å². The van der Waals surface area contributed by atoms with Gasteiger partial charge in [-0.1, -0.05) is 18.2 Å². The standard InChI is InChI=1S/C12H17F3O2Si/c1-16-10-8-6-5-7-9(10)11(12(13,14)15)17-18(2,3)4/h5-8,11H,1-4H3/t11-/m1/s1. The zero-order valence-corrected chi connectivity index (χ0v) is 11.8. The highest BCUT2D eigenvalue weighted by Gasteiger charge is 2.45. The smallest absolute Gasteiger partial charge is 0.417 e. The van der Waals surface area contributed by atoms with Crippen molar-refractivity contribution in [1.29, 1.82) is 0 Å². The van der Waals surface area contributed by atoms with Gasteiger partial charge in [-0.15, -0.1) is 0 Å². The van der Waals surface area contributed by atoms with E-state index in [0.717, 1.165) is 0 Å². The molecule has 0 heterocycles. The zero-order valence-electron chi connectivity index (χ0n) is 10.8. The molecule has 1 aromatic carbocycles. The number of para-hydroxylation sites is 1. The summed E-state index contributed by atoms with van der Waals surface area (Å²) in [5.74, 6) is 0.193. The maximum absolute atomic E-state index is 13.1. The second kappa shape index (κ2) is 5.32. The first-order chi connectivity index (χ1) is 8.15. The first-order valence-electron chi connectivity index (χ1n) is 5.52. The van der Waals surface area contributed by atoms with E-state index in [4.69, 9.17) is 9.16 Å². The summed E-state index contributed by atoms with van der Waals surface area (Å²) in [4.78, 5) is 0. The van der Waals surface area contributed by atoms with E-state index in [1.807, 2.05) is 0 Å². The molecule has 102 valence electrons. The summed E-state index contributed by atoms with van der Waals surface area (Å²) in [6.07, 6.45) is -6.38. The number of ether oxygens (including phenoxy) is 1. The van der Waals surface area contributed by atoms with Crippen LogP contribution < -0.4 is 4.74 Å². The van der Waals surface area contributed by atoms with Crippen molar-refractivity contribution in [3.8, 4) is 5.75 Å². The van der Waals surface area contributed by atoms with Crippen LogP contribution in [0.15, 0.2) is 24.3 Å². The minimum absolute atomic E-state index is 0.0231. The Balaban J connectivity index is 3.18. The first-order valence-corrected chi connectivity index (χ1v) is 8.93. The highest BCUT2D eigenvalue weighted by molar-refractivity contribution is 6.69. The third-order valence-corrected chi connectivity index (χ3v) is 3.13. The Morgan fingerprint density at radius 3 is 2.11 bits per heavy atom. The Labute approximate surface area is 106 Å². The second-order valence-electron chi connectivity index (χ2n) is 4.89. The largest absolute Gasteiger partial charge is 0.496 e. The lowest BCUT2D eigenvalue weighted by Gasteiger charge is -2.29. The Kier molecular flexibility index (Phi) is 4.44. The average Bonchev–Trinajstić information content (AvgIpc) is 2.23. The Bertz CT molecular complexity index is 399. The van der Waals surface area contributed by atoms with Gasteiger partial charge < -0.3 is 9.16 Å². The van der Waals surface area contributed by atoms with Crippen LogP contribution in [0.2, 0.25) is 19.6 Å². The maximum Gasteiger partial charge on any atom is 0.417 e. The van der Waals surface area contributed by atoms with E-state index >= 15 is 0 Å². The molecule has 6 heteroatoms. The van der Waals surface area contributed by atoms with Crippen molar-refractivity contribution in [3.05, 3.63) is 29.8 Å². The van der Waals surface area contributed by atoms with Crippen LogP contribution in [0.5, 0.6) is 5.75 Å². The molecule has 0 saturated carbocycles. The summed E-state index contributed by atoms with van der Waals surface area (Å²) >= 11 is 0. The van der Waals surface area contributed by atoms with Gasteiger partial charge >= 0.3 is 6.18 Å². The monoisotopic (exact) mass is 278 g/mol. The molecule has 0 saturated heterocycles. The molecular formula is C12H17F3O2Si. The van der Waals surface area contributed by atoms with Gasteiger partial charge in [0, 0.05) is 5.56 Å². The van der Waals surface area contributed by atoms with Crippen LogP contribution in [0.4, 0.5) is 13.2 Å². The van der Waals surface area contributed by atoms with E-state index in [1.54, 1.807) is 31.8 Å². The van der Waals surface area contributed by atoms with Crippen molar-refractivity contribution in [3.63, 3.8) is 0 Å². The van der Waals surface area contributed by atoms with Crippen molar-refractivity contribution >= 4 is 8.32 Å². The highest BCUT2D eigenvalue weighted by Crippen LogP contribution is 2.41. The van der Waals surface area contributed by atoms with Gasteiger partial charge in [0.2, 0.25) is 0 Å². The number of hydrogen-bond acceptors (Lipinski definition) is 2. The highest BCUT2D eigenvalue weighted by atomic mass is 28.4. The van der Waals surface area contributed by atoms with Crippen LogP contribution in [0, 0.1) is 0 Å². The molecule has 0 N–H and O–H groups in total. The fraction of sp³-hybridized carbons (Fsp3) is 0.500. The predicted molar refractivity (Wildman–Crippen MR) is 66.2 cm³/mol. The Morgan fingerprint density at radius 2 is 1.67 bits per heavy atom. The van der Waals surface area contributed by atoms with Gasteiger partial charge in [0.15, 0.2) is 14.4 Å². The lowest BCUT2D eigenvalue weighted by molar-refractivity contribution is -0.201. The number of halogens is 3. The van der Waals surface area contributed by atoms with E-state index in [1.165, 1.54) is 19.2 Å². The quantitative estimate of drug-likeness (QED) is 0.770. The van der Waals surface area contributed by atoms with Gasteiger partial charge in [0.1, 0.15) is 5.75 Å². The molecule has 0 aromatic heterocycles. The van der Waals surface area contributed by atoms with Crippen LogP contribution >= 0.6 is 0 Å². The minimum atomic E-state index is -4.45. The summed E-state index contributed by atoms with van der Waals surface area (Å²) in [6, 6.07) is 6.06. The van der Waals surface area contributed by atoms with Crippen LogP contribution in [-0.4, -0.2) is 21.6 Å². The van der Waals surface area contributed by atoms with Gasteiger partial charge in [-0.3, -0.25) is 0 Å². The average molecular weight is 278 g/mol. The number of methoxy groups -OCH3 is 1. The molecule has 0 aliphatic carbocycles. The van der Waals surface area contributed by atoms with Crippen molar-refractivity contribution in [2.75, 3.05) is 7.11 Å². The number of hydrogen-bond donors (Lipinski definition) is 0. The van der Waals surface area contributed by atoms with Crippen molar-refractivity contribution in [2.45, 2.75) is 31.9 Å². The molecule has 0 radical (unpaired) electrons. The molecule has 0 amide bonds. The zero-order chi connectivity index (χ0) is 14.0. The third kappa shape index (κ3) is 4.03. The second-order valence-corrected chi connectivity index (χ2v) is 9.35. The topological polar surface area (TPSA) is 18.5 Å². The molecule has 0 aliphatic rings. The lowest BCUT2D eigenvalue weighted by Crippen LogP contribution is -2.35. The Hall–Kier alpha value is -1.01. The molecule has 0 bridgehead atoms. The molecule has 1 aromatic rings. The number of alkyl halides is 3. The van der Waals surface area contributed by atoms with E-state index < -0.39 is 20.6 Å². The van der Waals surface area contributed by atoms with Gasteiger partial charge in [-0.05, 0) is 25.7 Å². The van der Waals surface area contributed by atoms with E-state index in [2.05, 4.69) is 0 Å². The van der Waals surface area contributed by atoms with Gasteiger partial charge in [0.25, 0.3) is 0 Å². The Morgan fingerprint density at radius 1 is 1.11 bits per heavy atom. The van der Waals surface area contributed by atoms with Crippen LogP contribution in [0.25, 0.3) is 0 Å². The first kappa shape index (κ1) is 15.0. The normalized spacial score (nSPS) is 14.4. The van der Waals surface area contributed by atoms with Gasteiger partial charge in [-0.25, -0.2) is 0 Å². The van der Waals surface area contributed by atoms with Gasteiger partial charge in [-0.2, -0.15) is 13.2 Å². The lowest BCUT2D eigenvalue weighted by atomic mass is 10.1. The molecule has 18 heavy (non-hydrogen) atoms. The minimum Gasteiger partial charge on any atom is -0.496 e. The summed E-state index contributed by atoms with van der Waals surface area (Å²) in [5.41, 5.74) is 0.0231. The van der Waals surface area contributed by atoms with Gasteiger partial charge in [0.05, 0.1) is 7.11 Å². The molecule has 0 unspecified atom stereocenters. The van der Waals surface area contributed by atoms with E-state index in [-0.39, 0.29) is 11.3 Å². The third-order valence-electron chi connectivity index (χ3n) is 2.19. The molecule has 0 aliphatic heterocycles. The molecule has 1 rings (SSSR count). The molecular weight excluding hydrogens is 261 g/mol. The molecule has 0 spiro atoms. The summed E-state index contributed by atoms with van der Waals surface area (Å²) in [7, 11) is -0.976. The fourth-order valence-corrected chi connectivity index (χ4v) is 2.51. The predicted octanol–water partition coefficient (Wildman–Crippen LogP) is 4.15. The fourth-order valence-electron chi connectivity index (χ4n) is 1.54. The summed E-state index contributed by atoms with van der Waals surface area (Å²) in [6.45, 7) is 5.17. The number of rotatable bonds is 4. The van der Waals surface area contributed by atoms with E-state index in [0.29, 0.717) is 0 Å². The number of benzene rings is 1. The van der Waals surface area contributed by atoms with Crippen LogP contribution in [0.3, 0.4) is 0 Å². The van der Waals surface area contributed by atoms with Crippen molar-refractivity contribution in [2.24, 2.45) is 0 Å². The molecule has 2 nitrogen and oxygen atoms in total. The molecule has 0 fully saturated rings. The summed E-state index contributed by atoms with van der Waals surface area (Å²) < 4.78 is 49.5. The van der Waals surface area contributed by atoms with Crippen LogP contribution in [0.1, 0.15) is 11.7 Å². The molecule has 1 atom stereocenters. The maximum atomic E-state index is 13.1. The van der Waals surface area contributed by atoms with Crippen molar-refractivity contribution in [1.82, 2.24) is 0 Å².